The second-order valence-electron chi connectivity index (χ2n) is 4.47. The maximum absolute atomic E-state index is 12.1. The molecule has 3 nitrogen and oxygen atoms in total. The Hall–Kier alpha value is -0.680. The van der Waals surface area contributed by atoms with Gasteiger partial charge in [0.1, 0.15) is 0 Å². The van der Waals surface area contributed by atoms with Gasteiger partial charge in [0.15, 0.2) is 0 Å². The molecule has 0 aromatic heterocycles. The van der Waals surface area contributed by atoms with E-state index in [9.17, 15) is 4.79 Å². The first-order valence-electron chi connectivity index (χ1n) is 6.08. The first-order chi connectivity index (χ1) is 8.68. The van der Waals surface area contributed by atoms with Crippen molar-refractivity contribution >= 4 is 39.3 Å². The summed E-state index contributed by atoms with van der Waals surface area (Å²) >= 11 is 5.35. The topological polar surface area (TPSA) is 55.1 Å². The molecule has 0 spiro atoms. The van der Waals surface area contributed by atoms with Gasteiger partial charge in [0.05, 0.1) is 10.0 Å². The molecule has 1 fully saturated rings. The molecule has 1 heterocycles. The van der Waals surface area contributed by atoms with Crippen LogP contribution in [-0.2, 0) is 0 Å². The van der Waals surface area contributed by atoms with E-state index in [0.29, 0.717) is 21.6 Å². The Morgan fingerprint density at radius 1 is 1.44 bits per heavy atom. The SMILES string of the molecule is Nc1cccc(C(=O)NCC2CCSCC2)c1Br. The van der Waals surface area contributed by atoms with E-state index in [-0.39, 0.29) is 5.91 Å². The van der Waals surface area contributed by atoms with Crippen molar-refractivity contribution in [3.8, 4) is 0 Å². The number of carbonyl (C=O) groups excluding carboxylic acids is 1. The van der Waals surface area contributed by atoms with Crippen LogP contribution in [-0.4, -0.2) is 24.0 Å². The zero-order valence-electron chi connectivity index (χ0n) is 10.1. The second kappa shape index (κ2) is 6.48. The van der Waals surface area contributed by atoms with Crippen molar-refractivity contribution in [3.63, 3.8) is 0 Å². The van der Waals surface area contributed by atoms with Crippen LogP contribution < -0.4 is 11.1 Å². The molecule has 98 valence electrons. The quantitative estimate of drug-likeness (QED) is 0.839. The minimum atomic E-state index is -0.0487. The normalized spacial score (nSPS) is 16.5. The molecular weight excluding hydrogens is 312 g/mol. The van der Waals surface area contributed by atoms with E-state index in [1.807, 2.05) is 11.8 Å². The lowest BCUT2D eigenvalue weighted by Gasteiger charge is -2.21. The molecule has 0 saturated carbocycles. The van der Waals surface area contributed by atoms with Crippen molar-refractivity contribution in [3.05, 3.63) is 28.2 Å². The van der Waals surface area contributed by atoms with Crippen LogP contribution in [0.25, 0.3) is 0 Å². The fourth-order valence-corrected chi connectivity index (χ4v) is 3.66. The molecule has 1 aliphatic rings. The number of halogens is 1. The van der Waals surface area contributed by atoms with Gasteiger partial charge in [0.25, 0.3) is 5.91 Å². The predicted octanol–water partition coefficient (Wildman–Crippen LogP) is 2.90. The van der Waals surface area contributed by atoms with Crippen LogP contribution in [0.15, 0.2) is 22.7 Å². The molecule has 5 heteroatoms. The number of rotatable bonds is 3. The molecule has 0 radical (unpaired) electrons. The minimum Gasteiger partial charge on any atom is -0.398 e. The van der Waals surface area contributed by atoms with Crippen molar-refractivity contribution < 1.29 is 4.79 Å². The first-order valence-corrected chi connectivity index (χ1v) is 8.03. The smallest absolute Gasteiger partial charge is 0.252 e. The highest BCUT2D eigenvalue weighted by Crippen LogP contribution is 2.24. The lowest BCUT2D eigenvalue weighted by Crippen LogP contribution is -2.31. The molecule has 1 aromatic rings. The van der Waals surface area contributed by atoms with Gasteiger partial charge in [-0.25, -0.2) is 0 Å². The fraction of sp³-hybridized carbons (Fsp3) is 0.462. The Morgan fingerprint density at radius 2 is 2.17 bits per heavy atom. The van der Waals surface area contributed by atoms with Crippen molar-refractivity contribution in [1.82, 2.24) is 5.32 Å². The Kier molecular flexibility index (Phi) is 4.95. The number of nitrogens with two attached hydrogens (primary N) is 1. The summed E-state index contributed by atoms with van der Waals surface area (Å²) in [7, 11) is 0. The standard InChI is InChI=1S/C13H17BrN2OS/c14-12-10(2-1-3-11(12)15)13(17)16-8-9-4-6-18-7-5-9/h1-3,9H,4-8,15H2,(H,16,17). The third-order valence-corrected chi connectivity index (χ3v) is 5.10. The van der Waals surface area contributed by atoms with Crippen molar-refractivity contribution in [1.29, 1.82) is 0 Å². The van der Waals surface area contributed by atoms with E-state index in [1.165, 1.54) is 24.3 Å². The maximum atomic E-state index is 12.1. The zero-order chi connectivity index (χ0) is 13.0. The molecule has 1 aromatic carbocycles. The third-order valence-electron chi connectivity index (χ3n) is 3.17. The molecule has 0 atom stereocenters. The molecule has 18 heavy (non-hydrogen) atoms. The molecule has 1 amide bonds. The number of carbonyl (C=O) groups is 1. The summed E-state index contributed by atoms with van der Waals surface area (Å²) in [4.78, 5) is 12.1. The lowest BCUT2D eigenvalue weighted by molar-refractivity contribution is 0.0945. The Bertz CT molecular complexity index is 433. The lowest BCUT2D eigenvalue weighted by atomic mass is 10.0. The highest BCUT2D eigenvalue weighted by molar-refractivity contribution is 9.10. The fourth-order valence-electron chi connectivity index (χ4n) is 2.01. The molecule has 3 N–H and O–H groups in total. The number of nitrogen functional groups attached to an aromatic ring is 1. The molecule has 0 bridgehead atoms. The largest absolute Gasteiger partial charge is 0.398 e. The van der Waals surface area contributed by atoms with E-state index >= 15 is 0 Å². The van der Waals surface area contributed by atoms with Gasteiger partial charge in [-0.3, -0.25) is 4.79 Å². The number of hydrogen-bond acceptors (Lipinski definition) is 3. The average molecular weight is 329 g/mol. The van der Waals surface area contributed by atoms with Gasteiger partial charge in [-0.2, -0.15) is 11.8 Å². The van der Waals surface area contributed by atoms with Gasteiger partial charge in [-0.1, -0.05) is 6.07 Å². The zero-order valence-corrected chi connectivity index (χ0v) is 12.5. The van der Waals surface area contributed by atoms with Crippen LogP contribution >= 0.6 is 27.7 Å². The van der Waals surface area contributed by atoms with E-state index in [0.717, 1.165) is 6.54 Å². The van der Waals surface area contributed by atoms with Crippen LogP contribution in [0, 0.1) is 5.92 Å². The van der Waals surface area contributed by atoms with Gasteiger partial charge in [-0.05, 0) is 58.3 Å². The number of thioether (sulfide) groups is 1. The Balaban J connectivity index is 1.93. The van der Waals surface area contributed by atoms with E-state index < -0.39 is 0 Å². The number of hydrogen-bond donors (Lipinski definition) is 2. The van der Waals surface area contributed by atoms with Crippen LogP contribution in [0.4, 0.5) is 5.69 Å². The molecule has 2 rings (SSSR count). The van der Waals surface area contributed by atoms with Gasteiger partial charge < -0.3 is 11.1 Å². The third kappa shape index (κ3) is 3.42. The van der Waals surface area contributed by atoms with Gasteiger partial charge in [0, 0.05) is 12.2 Å². The average Bonchev–Trinajstić information content (AvgIpc) is 2.40. The van der Waals surface area contributed by atoms with Crippen LogP contribution in [0.5, 0.6) is 0 Å². The van der Waals surface area contributed by atoms with Crippen molar-refractivity contribution in [2.75, 3.05) is 23.8 Å². The Morgan fingerprint density at radius 3 is 2.89 bits per heavy atom. The number of amides is 1. The van der Waals surface area contributed by atoms with Crippen molar-refractivity contribution in [2.24, 2.45) is 5.92 Å². The predicted molar refractivity (Wildman–Crippen MR) is 80.9 cm³/mol. The van der Waals surface area contributed by atoms with Gasteiger partial charge >= 0.3 is 0 Å². The summed E-state index contributed by atoms with van der Waals surface area (Å²) < 4.78 is 0.682. The van der Waals surface area contributed by atoms with Crippen molar-refractivity contribution in [2.45, 2.75) is 12.8 Å². The Labute approximate surface area is 120 Å². The van der Waals surface area contributed by atoms with E-state index in [1.54, 1.807) is 18.2 Å². The summed E-state index contributed by atoms with van der Waals surface area (Å²) in [5, 5.41) is 3.00. The second-order valence-corrected chi connectivity index (χ2v) is 6.49. The summed E-state index contributed by atoms with van der Waals surface area (Å²) in [6.45, 7) is 0.765. The molecule has 1 aliphatic heterocycles. The monoisotopic (exact) mass is 328 g/mol. The molecular formula is C13H17BrN2OS. The minimum absolute atomic E-state index is 0.0487. The van der Waals surface area contributed by atoms with Gasteiger partial charge in [-0.15, -0.1) is 0 Å². The highest BCUT2D eigenvalue weighted by atomic mass is 79.9. The van der Waals surface area contributed by atoms with E-state index in [4.69, 9.17) is 5.73 Å². The highest BCUT2D eigenvalue weighted by Gasteiger charge is 2.16. The molecule has 0 aliphatic carbocycles. The number of anilines is 1. The number of nitrogens with one attached hydrogen (secondary N) is 1. The van der Waals surface area contributed by atoms with Crippen LogP contribution in [0.1, 0.15) is 23.2 Å². The maximum Gasteiger partial charge on any atom is 0.252 e. The molecule has 1 saturated heterocycles. The summed E-state index contributed by atoms with van der Waals surface area (Å²) in [5.74, 6) is 2.99. The summed E-state index contributed by atoms with van der Waals surface area (Å²) in [6.07, 6.45) is 2.39. The molecule has 0 unspecified atom stereocenters. The van der Waals surface area contributed by atoms with E-state index in [2.05, 4.69) is 21.2 Å². The first kappa shape index (κ1) is 13.7. The summed E-state index contributed by atoms with van der Waals surface area (Å²) in [5.41, 5.74) is 6.97. The van der Waals surface area contributed by atoms with Crippen LogP contribution in [0.3, 0.4) is 0 Å². The van der Waals surface area contributed by atoms with Crippen LogP contribution in [0.2, 0.25) is 0 Å². The van der Waals surface area contributed by atoms with Gasteiger partial charge in [0.2, 0.25) is 0 Å². The number of benzene rings is 1. The summed E-state index contributed by atoms with van der Waals surface area (Å²) in [6, 6.07) is 5.36.